The molecule has 7 heteroatoms. The number of alkyl halides is 1. The van der Waals surface area contributed by atoms with E-state index in [0.29, 0.717) is 16.7 Å². The summed E-state index contributed by atoms with van der Waals surface area (Å²) in [5.41, 5.74) is 2.49. The number of ketones is 2. The zero-order valence-corrected chi connectivity index (χ0v) is 13.6. The molecule has 21 heavy (non-hydrogen) atoms. The SMILES string of the molecule is CC(=O)c1cnc(C)cn1.CC(=O)c1cnc(CBr)cn1. The van der Waals surface area contributed by atoms with Crippen molar-refractivity contribution < 1.29 is 9.59 Å². The molecule has 0 bridgehead atoms. The lowest BCUT2D eigenvalue weighted by Gasteiger charge is -1.94. The lowest BCUT2D eigenvalue weighted by atomic mass is 10.3. The topological polar surface area (TPSA) is 85.7 Å². The Balaban J connectivity index is 0.000000211. The van der Waals surface area contributed by atoms with E-state index in [4.69, 9.17) is 0 Å². The molecule has 2 aromatic heterocycles. The second kappa shape index (κ2) is 8.31. The van der Waals surface area contributed by atoms with Crippen LogP contribution < -0.4 is 0 Å². The molecule has 6 nitrogen and oxygen atoms in total. The fraction of sp³-hybridized carbons (Fsp3) is 0.286. The summed E-state index contributed by atoms with van der Waals surface area (Å²) in [6.45, 7) is 4.77. The van der Waals surface area contributed by atoms with Crippen LogP contribution in [-0.2, 0) is 5.33 Å². The molecule has 0 unspecified atom stereocenters. The molecule has 0 spiro atoms. The monoisotopic (exact) mass is 350 g/mol. The van der Waals surface area contributed by atoms with Gasteiger partial charge in [0.05, 0.1) is 30.0 Å². The van der Waals surface area contributed by atoms with Crippen LogP contribution in [-0.4, -0.2) is 31.5 Å². The van der Waals surface area contributed by atoms with Gasteiger partial charge in [-0.3, -0.25) is 19.6 Å². The van der Waals surface area contributed by atoms with E-state index in [2.05, 4.69) is 35.9 Å². The first-order valence-electron chi connectivity index (χ1n) is 6.11. The van der Waals surface area contributed by atoms with Gasteiger partial charge < -0.3 is 0 Å². The van der Waals surface area contributed by atoms with Crippen LogP contribution in [0.5, 0.6) is 0 Å². The predicted octanol–water partition coefficient (Wildman–Crippen LogP) is 2.56. The third kappa shape index (κ3) is 5.86. The van der Waals surface area contributed by atoms with E-state index in [0.717, 1.165) is 11.4 Å². The number of aryl methyl sites for hydroxylation is 1. The van der Waals surface area contributed by atoms with Gasteiger partial charge in [-0.15, -0.1) is 0 Å². The zero-order valence-electron chi connectivity index (χ0n) is 12.0. The van der Waals surface area contributed by atoms with Gasteiger partial charge in [0.25, 0.3) is 0 Å². The molecule has 0 saturated carbocycles. The molecule has 0 aliphatic carbocycles. The third-order valence-corrected chi connectivity index (χ3v) is 2.92. The maximum Gasteiger partial charge on any atom is 0.179 e. The van der Waals surface area contributed by atoms with Gasteiger partial charge in [0, 0.05) is 25.4 Å². The van der Waals surface area contributed by atoms with Crippen molar-refractivity contribution in [1.82, 2.24) is 19.9 Å². The van der Waals surface area contributed by atoms with Gasteiger partial charge in [0.15, 0.2) is 11.6 Å². The van der Waals surface area contributed by atoms with Crippen LogP contribution in [0.25, 0.3) is 0 Å². The summed E-state index contributed by atoms with van der Waals surface area (Å²) < 4.78 is 0. The smallest absolute Gasteiger partial charge is 0.179 e. The zero-order chi connectivity index (χ0) is 15.8. The summed E-state index contributed by atoms with van der Waals surface area (Å²) in [6, 6.07) is 0. The molecule has 2 heterocycles. The van der Waals surface area contributed by atoms with E-state index in [-0.39, 0.29) is 11.6 Å². The van der Waals surface area contributed by atoms with E-state index < -0.39 is 0 Å². The van der Waals surface area contributed by atoms with Gasteiger partial charge in [-0.2, -0.15) is 0 Å². The van der Waals surface area contributed by atoms with Crippen molar-refractivity contribution in [2.75, 3.05) is 0 Å². The van der Waals surface area contributed by atoms with Gasteiger partial charge >= 0.3 is 0 Å². The number of hydrogen-bond acceptors (Lipinski definition) is 6. The summed E-state index contributed by atoms with van der Waals surface area (Å²) in [5, 5.41) is 0.665. The third-order valence-electron chi connectivity index (χ3n) is 2.34. The van der Waals surface area contributed by atoms with Crippen molar-refractivity contribution >= 4 is 27.5 Å². The summed E-state index contributed by atoms with van der Waals surface area (Å²) in [4.78, 5) is 37.1. The number of aromatic nitrogens is 4. The highest BCUT2D eigenvalue weighted by Crippen LogP contribution is 2.00. The minimum Gasteiger partial charge on any atom is -0.293 e. The number of halogens is 1. The Morgan fingerprint density at radius 2 is 1.43 bits per heavy atom. The average Bonchev–Trinajstić information content (AvgIpc) is 2.48. The van der Waals surface area contributed by atoms with Crippen molar-refractivity contribution in [1.29, 1.82) is 0 Å². The van der Waals surface area contributed by atoms with Crippen LogP contribution in [0.4, 0.5) is 0 Å². The molecule has 2 rings (SSSR count). The van der Waals surface area contributed by atoms with Gasteiger partial charge in [-0.1, -0.05) is 15.9 Å². The highest BCUT2D eigenvalue weighted by molar-refractivity contribution is 9.08. The number of nitrogens with zero attached hydrogens (tertiary/aromatic N) is 4. The average molecular weight is 351 g/mol. The van der Waals surface area contributed by atoms with Crippen molar-refractivity contribution in [3.05, 3.63) is 47.6 Å². The van der Waals surface area contributed by atoms with E-state index >= 15 is 0 Å². The Morgan fingerprint density at radius 3 is 1.76 bits per heavy atom. The Bertz CT molecular complexity index is 612. The molecule has 0 saturated heterocycles. The van der Waals surface area contributed by atoms with Crippen LogP contribution in [0.15, 0.2) is 24.8 Å². The van der Waals surface area contributed by atoms with E-state index in [1.165, 1.54) is 26.2 Å². The number of Topliss-reactive ketones (excluding diaryl/α,β-unsaturated/α-hetero) is 2. The van der Waals surface area contributed by atoms with Crippen molar-refractivity contribution in [2.45, 2.75) is 26.1 Å². The standard InChI is InChI=1S/C7H7BrN2O.C7H8N2O/c1-5(11)7-4-9-6(2-8)3-10-7;1-5-3-9-7(4-8-5)6(2)10/h3-4H,2H2,1H3;3-4H,1-2H3. The van der Waals surface area contributed by atoms with Crippen molar-refractivity contribution in [3.63, 3.8) is 0 Å². The summed E-state index contributed by atoms with van der Waals surface area (Å²) >= 11 is 3.23. The normalized spacial score (nSPS) is 9.52. The van der Waals surface area contributed by atoms with Crippen molar-refractivity contribution in [3.8, 4) is 0 Å². The first-order valence-corrected chi connectivity index (χ1v) is 7.23. The molecule has 0 atom stereocenters. The van der Waals surface area contributed by atoms with Crippen LogP contribution in [0.1, 0.15) is 46.2 Å². The van der Waals surface area contributed by atoms with E-state index in [1.807, 2.05) is 6.92 Å². The number of rotatable bonds is 3. The number of carbonyl (C=O) groups is 2. The molecule has 0 aromatic carbocycles. The molecule has 0 aliphatic rings. The lowest BCUT2D eigenvalue weighted by molar-refractivity contribution is 0.1000. The highest BCUT2D eigenvalue weighted by Gasteiger charge is 2.00. The molecule has 0 amide bonds. The van der Waals surface area contributed by atoms with Crippen molar-refractivity contribution in [2.24, 2.45) is 0 Å². The van der Waals surface area contributed by atoms with Crippen LogP contribution in [0.2, 0.25) is 0 Å². The largest absolute Gasteiger partial charge is 0.293 e. The first kappa shape index (κ1) is 17.0. The minimum absolute atomic E-state index is 0.0486. The summed E-state index contributed by atoms with van der Waals surface area (Å²) in [5.74, 6) is -0.105. The number of carbonyl (C=O) groups excluding carboxylic acids is 2. The molecular weight excluding hydrogens is 336 g/mol. The molecular formula is C14H15BrN4O2. The maximum atomic E-state index is 10.7. The second-order valence-corrected chi connectivity index (χ2v) is 4.74. The second-order valence-electron chi connectivity index (χ2n) is 4.18. The Hall–Kier alpha value is -2.02. The fourth-order valence-corrected chi connectivity index (χ4v) is 1.47. The quantitative estimate of drug-likeness (QED) is 0.624. The Kier molecular flexibility index (Phi) is 6.74. The minimum atomic E-state index is -0.0568. The summed E-state index contributed by atoms with van der Waals surface area (Å²) in [6.07, 6.45) is 6.14. The molecule has 0 N–H and O–H groups in total. The van der Waals surface area contributed by atoms with E-state index in [1.54, 1.807) is 12.4 Å². The molecule has 0 fully saturated rings. The van der Waals surface area contributed by atoms with Crippen LogP contribution in [0, 0.1) is 6.92 Å². The Labute approximate surface area is 131 Å². The van der Waals surface area contributed by atoms with Gasteiger partial charge in [-0.25, -0.2) is 9.97 Å². The number of hydrogen-bond donors (Lipinski definition) is 0. The van der Waals surface area contributed by atoms with Gasteiger partial charge in [0.1, 0.15) is 11.4 Å². The fourth-order valence-electron chi connectivity index (χ4n) is 1.18. The highest BCUT2D eigenvalue weighted by atomic mass is 79.9. The predicted molar refractivity (Wildman–Crippen MR) is 81.4 cm³/mol. The van der Waals surface area contributed by atoms with Gasteiger partial charge in [-0.05, 0) is 6.92 Å². The molecule has 110 valence electrons. The Morgan fingerprint density at radius 1 is 0.905 bits per heavy atom. The lowest BCUT2D eigenvalue weighted by Crippen LogP contribution is -1.98. The first-order chi connectivity index (χ1) is 9.93. The van der Waals surface area contributed by atoms with Crippen LogP contribution >= 0.6 is 15.9 Å². The molecule has 2 aromatic rings. The van der Waals surface area contributed by atoms with Crippen LogP contribution in [0.3, 0.4) is 0 Å². The molecule has 0 aliphatic heterocycles. The van der Waals surface area contributed by atoms with Gasteiger partial charge in [0.2, 0.25) is 0 Å². The maximum absolute atomic E-state index is 10.7. The molecule has 0 radical (unpaired) electrons. The summed E-state index contributed by atoms with van der Waals surface area (Å²) in [7, 11) is 0. The van der Waals surface area contributed by atoms with E-state index in [9.17, 15) is 9.59 Å².